The first-order chi connectivity index (χ1) is 6.22. The van der Waals surface area contributed by atoms with E-state index in [0.29, 0.717) is 0 Å². The summed E-state index contributed by atoms with van der Waals surface area (Å²) in [5.41, 5.74) is 5.18. The lowest BCUT2D eigenvalue weighted by Gasteiger charge is -2.10. The van der Waals surface area contributed by atoms with Gasteiger partial charge < -0.3 is 11.1 Å². The van der Waals surface area contributed by atoms with Crippen LogP contribution in [0.2, 0.25) is 0 Å². The highest BCUT2D eigenvalue weighted by atomic mass is 32.2. The van der Waals surface area contributed by atoms with Crippen LogP contribution >= 0.6 is 11.8 Å². The molecule has 0 aliphatic carbocycles. The van der Waals surface area contributed by atoms with Crippen molar-refractivity contribution in [3.05, 3.63) is 0 Å². The van der Waals surface area contributed by atoms with Crippen molar-refractivity contribution in [2.24, 2.45) is 5.73 Å². The SMILES string of the molecule is CCCCSCCC(NC)C(N)=O. The van der Waals surface area contributed by atoms with Gasteiger partial charge in [0.2, 0.25) is 5.91 Å². The summed E-state index contributed by atoms with van der Waals surface area (Å²) in [6, 6.07) is -0.158. The van der Waals surface area contributed by atoms with Gasteiger partial charge >= 0.3 is 0 Å². The van der Waals surface area contributed by atoms with Crippen LogP contribution < -0.4 is 11.1 Å². The van der Waals surface area contributed by atoms with Gasteiger partial charge in [0.1, 0.15) is 0 Å². The minimum Gasteiger partial charge on any atom is -0.368 e. The first-order valence-electron chi connectivity index (χ1n) is 4.76. The third kappa shape index (κ3) is 6.90. The van der Waals surface area contributed by atoms with Crippen LogP contribution in [0.3, 0.4) is 0 Å². The molecule has 0 aliphatic heterocycles. The summed E-state index contributed by atoms with van der Waals surface area (Å²) >= 11 is 1.89. The monoisotopic (exact) mass is 204 g/mol. The lowest BCUT2D eigenvalue weighted by Crippen LogP contribution is -2.39. The lowest BCUT2D eigenvalue weighted by molar-refractivity contribution is -0.119. The standard InChI is InChI=1S/C9H20N2OS/c1-3-4-6-13-7-5-8(11-2)9(10)12/h8,11H,3-7H2,1-2H3,(H2,10,12). The molecule has 0 saturated heterocycles. The predicted molar refractivity (Wildman–Crippen MR) is 58.9 cm³/mol. The number of hydrogen-bond donors (Lipinski definition) is 2. The van der Waals surface area contributed by atoms with Crippen molar-refractivity contribution in [2.45, 2.75) is 32.2 Å². The van der Waals surface area contributed by atoms with E-state index in [4.69, 9.17) is 5.73 Å². The maximum Gasteiger partial charge on any atom is 0.234 e. The van der Waals surface area contributed by atoms with Crippen molar-refractivity contribution in [1.29, 1.82) is 0 Å². The molecule has 1 atom stereocenters. The Morgan fingerprint density at radius 1 is 1.54 bits per heavy atom. The maximum atomic E-state index is 10.8. The van der Waals surface area contributed by atoms with Gasteiger partial charge in [0.15, 0.2) is 0 Å². The van der Waals surface area contributed by atoms with Crippen LogP contribution in [-0.2, 0) is 4.79 Å². The summed E-state index contributed by atoms with van der Waals surface area (Å²) < 4.78 is 0. The van der Waals surface area contributed by atoms with E-state index in [1.165, 1.54) is 18.6 Å². The van der Waals surface area contributed by atoms with E-state index in [-0.39, 0.29) is 11.9 Å². The molecule has 0 fully saturated rings. The molecule has 0 aromatic rings. The quantitative estimate of drug-likeness (QED) is 0.580. The first-order valence-corrected chi connectivity index (χ1v) is 5.92. The second kappa shape index (κ2) is 8.38. The highest BCUT2D eigenvalue weighted by Gasteiger charge is 2.10. The van der Waals surface area contributed by atoms with Gasteiger partial charge in [-0.3, -0.25) is 4.79 Å². The van der Waals surface area contributed by atoms with Gasteiger partial charge in [0.25, 0.3) is 0 Å². The Bertz CT molecular complexity index is 142. The van der Waals surface area contributed by atoms with Gasteiger partial charge in [-0.1, -0.05) is 13.3 Å². The van der Waals surface area contributed by atoms with Crippen LogP contribution in [0.4, 0.5) is 0 Å². The van der Waals surface area contributed by atoms with Gasteiger partial charge in [0, 0.05) is 0 Å². The van der Waals surface area contributed by atoms with Crippen LogP contribution in [0.1, 0.15) is 26.2 Å². The number of carbonyl (C=O) groups excluding carboxylic acids is 1. The Labute approximate surface area is 84.8 Å². The molecule has 0 aliphatic rings. The average molecular weight is 204 g/mol. The third-order valence-corrected chi connectivity index (χ3v) is 2.99. The minimum absolute atomic E-state index is 0.158. The minimum atomic E-state index is -0.251. The molecular weight excluding hydrogens is 184 g/mol. The van der Waals surface area contributed by atoms with Crippen molar-refractivity contribution >= 4 is 17.7 Å². The largest absolute Gasteiger partial charge is 0.368 e. The van der Waals surface area contributed by atoms with E-state index in [9.17, 15) is 4.79 Å². The first kappa shape index (κ1) is 12.8. The van der Waals surface area contributed by atoms with Gasteiger partial charge in [-0.2, -0.15) is 11.8 Å². The molecule has 0 spiro atoms. The summed E-state index contributed by atoms with van der Waals surface area (Å²) in [5, 5.41) is 2.90. The average Bonchev–Trinajstić information content (AvgIpc) is 2.10. The molecule has 0 bridgehead atoms. The fraction of sp³-hybridized carbons (Fsp3) is 0.889. The van der Waals surface area contributed by atoms with Crippen LogP contribution in [0.15, 0.2) is 0 Å². The molecule has 1 amide bonds. The van der Waals surface area contributed by atoms with Gasteiger partial charge in [-0.15, -0.1) is 0 Å². The molecule has 0 heterocycles. The third-order valence-electron chi connectivity index (χ3n) is 1.88. The molecule has 0 rings (SSSR count). The number of primary amides is 1. The van der Waals surface area contributed by atoms with Crippen molar-refractivity contribution in [1.82, 2.24) is 5.32 Å². The van der Waals surface area contributed by atoms with Crippen molar-refractivity contribution < 1.29 is 4.79 Å². The van der Waals surface area contributed by atoms with Gasteiger partial charge in [-0.25, -0.2) is 0 Å². The molecule has 1 unspecified atom stereocenters. The molecule has 78 valence electrons. The highest BCUT2D eigenvalue weighted by Crippen LogP contribution is 2.07. The number of nitrogens with one attached hydrogen (secondary N) is 1. The zero-order chi connectivity index (χ0) is 10.1. The van der Waals surface area contributed by atoms with Crippen molar-refractivity contribution in [2.75, 3.05) is 18.6 Å². The van der Waals surface area contributed by atoms with E-state index in [2.05, 4.69) is 12.2 Å². The number of thioether (sulfide) groups is 1. The molecule has 0 radical (unpaired) electrons. The zero-order valence-electron chi connectivity index (χ0n) is 8.51. The predicted octanol–water partition coefficient (Wildman–Crippen LogP) is 0.983. The lowest BCUT2D eigenvalue weighted by atomic mass is 10.2. The summed E-state index contributed by atoms with van der Waals surface area (Å²) in [4.78, 5) is 10.8. The maximum absolute atomic E-state index is 10.8. The molecule has 0 saturated carbocycles. The second-order valence-corrected chi connectivity index (χ2v) is 4.22. The van der Waals surface area contributed by atoms with E-state index >= 15 is 0 Å². The van der Waals surface area contributed by atoms with Crippen LogP contribution in [0, 0.1) is 0 Å². The highest BCUT2D eigenvalue weighted by molar-refractivity contribution is 7.99. The molecule has 4 heteroatoms. The van der Waals surface area contributed by atoms with Crippen molar-refractivity contribution in [3.8, 4) is 0 Å². The Kier molecular flexibility index (Phi) is 8.24. The number of likely N-dealkylation sites (N-methyl/N-ethyl adjacent to an activating group) is 1. The Balaban J connectivity index is 3.33. The molecule has 3 nitrogen and oxygen atoms in total. The number of rotatable bonds is 8. The summed E-state index contributed by atoms with van der Waals surface area (Å²) in [5.74, 6) is 1.94. The van der Waals surface area contributed by atoms with E-state index in [1.807, 2.05) is 11.8 Å². The smallest absolute Gasteiger partial charge is 0.234 e. The molecular formula is C9H20N2OS. The Morgan fingerprint density at radius 2 is 2.23 bits per heavy atom. The molecule has 13 heavy (non-hydrogen) atoms. The van der Waals surface area contributed by atoms with E-state index < -0.39 is 0 Å². The Morgan fingerprint density at radius 3 is 2.69 bits per heavy atom. The number of carbonyl (C=O) groups is 1. The summed E-state index contributed by atoms with van der Waals surface area (Å²) in [6.45, 7) is 2.18. The fourth-order valence-electron chi connectivity index (χ4n) is 0.979. The summed E-state index contributed by atoms with van der Waals surface area (Å²) in [6.07, 6.45) is 3.32. The number of amides is 1. The van der Waals surface area contributed by atoms with Crippen LogP contribution in [0.25, 0.3) is 0 Å². The van der Waals surface area contributed by atoms with Crippen LogP contribution in [0.5, 0.6) is 0 Å². The second-order valence-electron chi connectivity index (χ2n) is 3.00. The molecule has 0 aromatic heterocycles. The zero-order valence-corrected chi connectivity index (χ0v) is 9.32. The summed E-state index contributed by atoms with van der Waals surface area (Å²) in [7, 11) is 1.77. The molecule has 0 aromatic carbocycles. The number of nitrogens with two attached hydrogens (primary N) is 1. The fourth-order valence-corrected chi connectivity index (χ4v) is 2.08. The normalized spacial score (nSPS) is 12.8. The number of hydrogen-bond acceptors (Lipinski definition) is 3. The van der Waals surface area contributed by atoms with E-state index in [0.717, 1.165) is 12.2 Å². The topological polar surface area (TPSA) is 55.1 Å². The van der Waals surface area contributed by atoms with Crippen LogP contribution in [-0.4, -0.2) is 30.5 Å². The van der Waals surface area contributed by atoms with Gasteiger partial charge in [-0.05, 0) is 31.4 Å². The van der Waals surface area contributed by atoms with Gasteiger partial charge in [0.05, 0.1) is 6.04 Å². The molecule has 3 N–H and O–H groups in total. The van der Waals surface area contributed by atoms with E-state index in [1.54, 1.807) is 7.05 Å². The number of unbranched alkanes of at least 4 members (excludes halogenated alkanes) is 1. The Hall–Kier alpha value is -0.220. The van der Waals surface area contributed by atoms with Crippen molar-refractivity contribution in [3.63, 3.8) is 0 Å².